The molecule has 1 aromatic heterocycles. The highest BCUT2D eigenvalue weighted by molar-refractivity contribution is 5.94. The Morgan fingerprint density at radius 3 is 2.83 bits per heavy atom. The van der Waals surface area contributed by atoms with E-state index in [2.05, 4.69) is 15.2 Å². The molecule has 1 aromatic carbocycles. The molecule has 0 radical (unpaired) electrons. The minimum Gasteiger partial charge on any atom is -0.493 e. The zero-order chi connectivity index (χ0) is 13.3. The van der Waals surface area contributed by atoms with Crippen molar-refractivity contribution in [3.8, 4) is 5.88 Å². The molecule has 0 aliphatic rings. The number of halogens is 1. The lowest BCUT2D eigenvalue weighted by molar-refractivity contribution is -0.121. The maximum absolute atomic E-state index is 13.4. The first kappa shape index (κ1) is 12.2. The fourth-order valence-electron chi connectivity index (χ4n) is 1.47. The maximum atomic E-state index is 13.4. The number of para-hydroxylation sites is 1. The van der Waals surface area contributed by atoms with E-state index in [1.165, 1.54) is 12.1 Å². The molecule has 2 N–H and O–H groups in total. The van der Waals surface area contributed by atoms with Gasteiger partial charge in [-0.1, -0.05) is 26.0 Å². The molecule has 0 unspecified atom stereocenters. The Balaban J connectivity index is 2.49. The van der Waals surface area contributed by atoms with Crippen LogP contribution in [-0.4, -0.2) is 16.0 Å². The first-order valence-corrected chi connectivity index (χ1v) is 5.45. The van der Waals surface area contributed by atoms with Gasteiger partial charge in [0.05, 0.1) is 5.52 Å². The maximum Gasteiger partial charge on any atom is 0.267 e. The Hall–Kier alpha value is -2.24. The molecule has 2 rings (SSSR count). The Labute approximate surface area is 102 Å². The summed E-state index contributed by atoms with van der Waals surface area (Å²) in [6, 6.07) is 4.34. The van der Waals surface area contributed by atoms with Crippen LogP contribution in [0.2, 0.25) is 0 Å². The quantitative estimate of drug-likeness (QED) is 0.801. The molecule has 6 heteroatoms. The SMILES string of the molecule is CC(C)C(=O)N=Nc1c(O)[nH]c2c(F)cccc12. The Morgan fingerprint density at radius 1 is 1.44 bits per heavy atom. The molecule has 2 aromatic rings. The second kappa shape index (κ2) is 4.56. The van der Waals surface area contributed by atoms with E-state index in [0.717, 1.165) is 0 Å². The highest BCUT2D eigenvalue weighted by Crippen LogP contribution is 2.36. The van der Waals surface area contributed by atoms with E-state index in [9.17, 15) is 14.3 Å². The zero-order valence-corrected chi connectivity index (χ0v) is 9.94. The lowest BCUT2D eigenvalue weighted by Gasteiger charge is -1.95. The number of fused-ring (bicyclic) bond motifs is 1. The summed E-state index contributed by atoms with van der Waals surface area (Å²) in [5.74, 6) is -1.49. The van der Waals surface area contributed by atoms with E-state index in [4.69, 9.17) is 0 Å². The summed E-state index contributed by atoms with van der Waals surface area (Å²) >= 11 is 0. The second-order valence-corrected chi connectivity index (χ2v) is 4.18. The van der Waals surface area contributed by atoms with Crippen molar-refractivity contribution >= 4 is 22.5 Å². The van der Waals surface area contributed by atoms with Crippen LogP contribution in [0.25, 0.3) is 10.9 Å². The molecule has 94 valence electrons. The lowest BCUT2D eigenvalue weighted by Crippen LogP contribution is -2.01. The monoisotopic (exact) mass is 249 g/mol. The van der Waals surface area contributed by atoms with Crippen LogP contribution < -0.4 is 0 Å². The van der Waals surface area contributed by atoms with Gasteiger partial charge in [0.1, 0.15) is 5.82 Å². The van der Waals surface area contributed by atoms with Crippen LogP contribution in [0, 0.1) is 11.7 Å². The van der Waals surface area contributed by atoms with Gasteiger partial charge >= 0.3 is 0 Å². The molecule has 0 atom stereocenters. The standard InChI is InChI=1S/C12H12FN3O2/c1-6(2)11(17)16-15-10-7-4-3-5-8(13)9(7)14-12(10)18/h3-6,14,18H,1-2H3. The molecular formula is C12H12FN3O2. The largest absolute Gasteiger partial charge is 0.493 e. The van der Waals surface area contributed by atoms with E-state index in [-0.39, 0.29) is 23.0 Å². The smallest absolute Gasteiger partial charge is 0.267 e. The van der Waals surface area contributed by atoms with Gasteiger partial charge in [0.15, 0.2) is 5.69 Å². The highest BCUT2D eigenvalue weighted by atomic mass is 19.1. The van der Waals surface area contributed by atoms with Gasteiger partial charge in [-0.15, -0.1) is 10.2 Å². The fourth-order valence-corrected chi connectivity index (χ4v) is 1.47. The average Bonchev–Trinajstić information content (AvgIpc) is 2.64. The average molecular weight is 249 g/mol. The van der Waals surface area contributed by atoms with Crippen molar-refractivity contribution < 1.29 is 14.3 Å². The number of hydrogen-bond acceptors (Lipinski definition) is 3. The van der Waals surface area contributed by atoms with Crippen LogP contribution in [0.1, 0.15) is 13.8 Å². The predicted octanol–water partition coefficient (Wildman–Crippen LogP) is 3.28. The first-order valence-electron chi connectivity index (χ1n) is 5.45. The Bertz CT molecular complexity index is 632. The second-order valence-electron chi connectivity index (χ2n) is 4.18. The summed E-state index contributed by atoms with van der Waals surface area (Å²) in [4.78, 5) is 13.8. The number of hydrogen-bond donors (Lipinski definition) is 2. The van der Waals surface area contributed by atoms with Crippen molar-refractivity contribution in [2.45, 2.75) is 13.8 Å². The van der Waals surface area contributed by atoms with E-state index in [0.29, 0.717) is 5.39 Å². The third kappa shape index (κ3) is 2.09. The van der Waals surface area contributed by atoms with Crippen LogP contribution >= 0.6 is 0 Å². The molecule has 18 heavy (non-hydrogen) atoms. The van der Waals surface area contributed by atoms with Crippen LogP contribution in [0.4, 0.5) is 10.1 Å². The molecule has 0 aliphatic carbocycles. The molecule has 5 nitrogen and oxygen atoms in total. The normalized spacial score (nSPS) is 11.8. The van der Waals surface area contributed by atoms with E-state index in [1.807, 2.05) is 0 Å². The molecule has 1 amide bonds. The summed E-state index contributed by atoms with van der Waals surface area (Å²) in [6.45, 7) is 3.38. The van der Waals surface area contributed by atoms with Gasteiger partial charge in [0.25, 0.3) is 5.91 Å². The number of benzene rings is 1. The number of rotatable bonds is 2. The van der Waals surface area contributed by atoms with Crippen molar-refractivity contribution in [1.29, 1.82) is 0 Å². The summed E-state index contributed by atoms with van der Waals surface area (Å²) < 4.78 is 13.4. The van der Waals surface area contributed by atoms with Crippen LogP contribution in [0.15, 0.2) is 28.4 Å². The first-order chi connectivity index (χ1) is 8.50. The van der Waals surface area contributed by atoms with Gasteiger partial charge < -0.3 is 10.1 Å². The van der Waals surface area contributed by atoms with E-state index < -0.39 is 11.7 Å². The van der Waals surface area contributed by atoms with Crippen molar-refractivity contribution in [1.82, 2.24) is 4.98 Å². The summed E-state index contributed by atoms with van der Waals surface area (Å²) in [6.07, 6.45) is 0. The number of carbonyl (C=O) groups excluding carboxylic acids is 1. The molecule has 0 bridgehead atoms. The molecule has 1 heterocycles. The van der Waals surface area contributed by atoms with Crippen LogP contribution in [0.5, 0.6) is 5.88 Å². The third-order valence-corrected chi connectivity index (χ3v) is 2.48. The van der Waals surface area contributed by atoms with Gasteiger partial charge in [0, 0.05) is 11.3 Å². The molecule has 0 spiro atoms. The van der Waals surface area contributed by atoms with Gasteiger partial charge in [-0.3, -0.25) is 4.79 Å². The van der Waals surface area contributed by atoms with Crippen LogP contribution in [0.3, 0.4) is 0 Å². The minimum atomic E-state index is -0.501. The lowest BCUT2D eigenvalue weighted by atomic mass is 10.2. The van der Waals surface area contributed by atoms with Crippen molar-refractivity contribution in [3.63, 3.8) is 0 Å². The number of nitrogens with one attached hydrogen (secondary N) is 1. The number of azo groups is 1. The van der Waals surface area contributed by atoms with E-state index >= 15 is 0 Å². The van der Waals surface area contributed by atoms with Crippen molar-refractivity contribution in [2.24, 2.45) is 16.1 Å². The van der Waals surface area contributed by atoms with Crippen molar-refractivity contribution in [3.05, 3.63) is 24.0 Å². The van der Waals surface area contributed by atoms with Gasteiger partial charge in [-0.2, -0.15) is 0 Å². The van der Waals surface area contributed by atoms with Gasteiger partial charge in [0.2, 0.25) is 5.88 Å². The zero-order valence-electron chi connectivity index (χ0n) is 9.94. The molecule has 0 saturated carbocycles. The predicted molar refractivity (Wildman–Crippen MR) is 64.3 cm³/mol. The molecule has 0 fully saturated rings. The number of aromatic hydroxyl groups is 1. The highest BCUT2D eigenvalue weighted by Gasteiger charge is 2.14. The Morgan fingerprint density at radius 2 is 2.17 bits per heavy atom. The number of aromatic nitrogens is 1. The number of aromatic amines is 1. The summed E-state index contributed by atoms with van der Waals surface area (Å²) in [5.41, 5.74) is 0.208. The third-order valence-electron chi connectivity index (χ3n) is 2.48. The van der Waals surface area contributed by atoms with Crippen molar-refractivity contribution in [2.75, 3.05) is 0 Å². The fraction of sp³-hybridized carbons (Fsp3) is 0.250. The molecule has 0 aliphatic heterocycles. The van der Waals surface area contributed by atoms with Gasteiger partial charge in [-0.25, -0.2) is 4.39 Å². The van der Waals surface area contributed by atoms with E-state index in [1.54, 1.807) is 19.9 Å². The molecular weight excluding hydrogens is 237 g/mol. The molecule has 0 saturated heterocycles. The summed E-state index contributed by atoms with van der Waals surface area (Å²) in [7, 11) is 0. The van der Waals surface area contributed by atoms with Gasteiger partial charge in [-0.05, 0) is 6.07 Å². The minimum absolute atomic E-state index is 0.0681. The van der Waals surface area contributed by atoms with Crippen LogP contribution in [-0.2, 0) is 4.79 Å². The summed E-state index contributed by atoms with van der Waals surface area (Å²) in [5, 5.41) is 17.2. The number of carbonyl (C=O) groups is 1. The Kier molecular flexibility index (Phi) is 3.10. The number of amides is 1. The number of H-pyrrole nitrogens is 1. The number of nitrogens with zero attached hydrogens (tertiary/aromatic N) is 2. The topological polar surface area (TPSA) is 77.8 Å².